The molecule has 148 valence electrons. The fourth-order valence-electron chi connectivity index (χ4n) is 2.88. The Morgan fingerprint density at radius 3 is 2.41 bits per heavy atom. The van der Waals surface area contributed by atoms with E-state index in [4.69, 9.17) is 28.9 Å². The Morgan fingerprint density at radius 1 is 1.11 bits per heavy atom. The summed E-state index contributed by atoms with van der Waals surface area (Å²) in [6, 6.07) is 15.8. The van der Waals surface area contributed by atoms with Crippen LogP contribution in [0.4, 0.5) is 5.69 Å². The van der Waals surface area contributed by atoms with E-state index < -0.39 is 0 Å². The van der Waals surface area contributed by atoms with Crippen LogP contribution in [0, 0.1) is 0 Å². The number of halogens is 3. The Bertz CT molecular complexity index is 722. The largest absolute Gasteiger partial charge is 0.368 e. The second-order valence-corrected chi connectivity index (χ2v) is 6.96. The van der Waals surface area contributed by atoms with E-state index in [9.17, 15) is 0 Å². The second kappa shape index (κ2) is 12.0. The molecule has 2 aromatic rings. The average molecular weight is 430 g/mol. The van der Waals surface area contributed by atoms with Gasteiger partial charge in [-0.05, 0) is 36.6 Å². The highest BCUT2D eigenvalue weighted by molar-refractivity contribution is 6.36. The van der Waals surface area contributed by atoms with Crippen LogP contribution in [-0.2, 0) is 0 Å². The van der Waals surface area contributed by atoms with Crippen molar-refractivity contribution >= 4 is 47.3 Å². The van der Waals surface area contributed by atoms with E-state index in [1.807, 2.05) is 6.07 Å². The number of rotatable bonds is 8. The first kappa shape index (κ1) is 23.4. The molecule has 0 saturated carbocycles. The van der Waals surface area contributed by atoms with Gasteiger partial charge in [0.05, 0.1) is 16.8 Å². The van der Waals surface area contributed by atoms with E-state index in [0.29, 0.717) is 21.7 Å². The van der Waals surface area contributed by atoms with E-state index in [1.165, 1.54) is 5.56 Å². The Morgan fingerprint density at radius 2 is 1.81 bits per heavy atom. The lowest BCUT2D eigenvalue weighted by Crippen LogP contribution is -2.41. The molecule has 0 aromatic heterocycles. The highest BCUT2D eigenvalue weighted by Crippen LogP contribution is 2.27. The number of anilines is 1. The number of hydrazone groups is 1. The van der Waals surface area contributed by atoms with E-state index in [2.05, 4.69) is 53.5 Å². The molecule has 0 aliphatic carbocycles. The first-order chi connectivity index (χ1) is 12.6. The summed E-state index contributed by atoms with van der Waals surface area (Å²) in [6.45, 7) is 5.14. The second-order valence-electron chi connectivity index (χ2n) is 6.11. The highest BCUT2D eigenvalue weighted by atomic mass is 35.5. The smallest absolute Gasteiger partial charge is 0.214 e. The van der Waals surface area contributed by atoms with Crippen LogP contribution in [0.2, 0.25) is 10.0 Å². The molecule has 0 fully saturated rings. The van der Waals surface area contributed by atoms with Crippen molar-refractivity contribution < 1.29 is 0 Å². The van der Waals surface area contributed by atoms with Crippen molar-refractivity contribution in [3.63, 3.8) is 0 Å². The summed E-state index contributed by atoms with van der Waals surface area (Å²) in [7, 11) is 0. The Hall–Kier alpha value is -1.62. The van der Waals surface area contributed by atoms with E-state index in [0.717, 1.165) is 25.8 Å². The number of nitrogens with zero attached hydrogens (tertiary/aromatic N) is 2. The standard InChI is InChI=1S/C20H26Cl2N4.ClH/c1-3-8-19(15-9-6-5-7-10-15)26(13-4-2)20(23)25-24-18-12-11-16(21)14-17(18)22;/h5-7,9-12,14,19,24H,3-4,8,13H2,1-2H3,(H2,23,25);1H. The van der Waals surface area contributed by atoms with Crippen LogP contribution in [0.25, 0.3) is 0 Å². The van der Waals surface area contributed by atoms with Crippen molar-refractivity contribution in [1.82, 2.24) is 4.90 Å². The third kappa shape index (κ3) is 6.80. The van der Waals surface area contributed by atoms with Crippen LogP contribution < -0.4 is 11.2 Å². The minimum absolute atomic E-state index is 0. The minimum Gasteiger partial charge on any atom is -0.368 e. The van der Waals surface area contributed by atoms with Gasteiger partial charge in [-0.15, -0.1) is 17.5 Å². The van der Waals surface area contributed by atoms with E-state index >= 15 is 0 Å². The summed E-state index contributed by atoms with van der Waals surface area (Å²) < 4.78 is 0. The topological polar surface area (TPSA) is 53.6 Å². The van der Waals surface area contributed by atoms with Crippen molar-refractivity contribution in [3.05, 3.63) is 64.1 Å². The molecule has 0 amide bonds. The van der Waals surface area contributed by atoms with Crippen molar-refractivity contribution in [3.8, 4) is 0 Å². The highest BCUT2D eigenvalue weighted by Gasteiger charge is 2.21. The Kier molecular flexibility index (Phi) is 10.4. The van der Waals surface area contributed by atoms with Crippen LogP contribution in [0.15, 0.2) is 53.6 Å². The summed E-state index contributed by atoms with van der Waals surface area (Å²) >= 11 is 12.1. The SMILES string of the molecule is CCCC(c1ccccc1)N(CCC)/C(N)=N/Nc1ccc(Cl)cc1Cl.Cl. The molecule has 0 aliphatic heterocycles. The Labute approximate surface area is 178 Å². The minimum atomic E-state index is 0. The molecule has 0 saturated heterocycles. The third-order valence-corrected chi connectivity index (χ3v) is 4.65. The van der Waals surface area contributed by atoms with Gasteiger partial charge in [-0.3, -0.25) is 5.43 Å². The summed E-state index contributed by atoms with van der Waals surface area (Å²) in [5.74, 6) is 0.445. The molecule has 1 atom stereocenters. The number of nitrogens with two attached hydrogens (primary N) is 1. The quantitative estimate of drug-likeness (QED) is 0.294. The summed E-state index contributed by atoms with van der Waals surface area (Å²) in [5.41, 5.74) is 11.2. The molecule has 0 radical (unpaired) electrons. The molecule has 0 spiro atoms. The van der Waals surface area contributed by atoms with Gasteiger partial charge in [0.1, 0.15) is 0 Å². The molecule has 0 bridgehead atoms. The normalized spacial score (nSPS) is 12.2. The van der Waals surface area contributed by atoms with Gasteiger partial charge in [0.2, 0.25) is 5.96 Å². The first-order valence-corrected chi connectivity index (χ1v) is 9.68. The van der Waals surface area contributed by atoms with Gasteiger partial charge >= 0.3 is 0 Å². The molecule has 2 rings (SSSR count). The number of hydrogen-bond donors (Lipinski definition) is 2. The summed E-state index contributed by atoms with van der Waals surface area (Å²) in [6.07, 6.45) is 3.04. The zero-order valence-corrected chi connectivity index (χ0v) is 18.0. The zero-order valence-electron chi connectivity index (χ0n) is 15.7. The molecule has 0 heterocycles. The van der Waals surface area contributed by atoms with Crippen LogP contribution in [0.1, 0.15) is 44.7 Å². The van der Waals surface area contributed by atoms with Gasteiger partial charge in [0.25, 0.3) is 0 Å². The van der Waals surface area contributed by atoms with Gasteiger partial charge < -0.3 is 10.6 Å². The maximum Gasteiger partial charge on any atom is 0.214 e. The fraction of sp³-hybridized carbons (Fsp3) is 0.350. The maximum atomic E-state index is 6.34. The number of guanidine groups is 1. The molecule has 7 heteroatoms. The van der Waals surface area contributed by atoms with Crippen LogP contribution in [0.5, 0.6) is 0 Å². The van der Waals surface area contributed by atoms with Crippen molar-refractivity contribution in [2.75, 3.05) is 12.0 Å². The van der Waals surface area contributed by atoms with Crippen LogP contribution >= 0.6 is 35.6 Å². The predicted molar refractivity (Wildman–Crippen MR) is 120 cm³/mol. The monoisotopic (exact) mass is 428 g/mol. The molecular weight excluding hydrogens is 403 g/mol. The molecule has 1 unspecified atom stereocenters. The van der Waals surface area contributed by atoms with Crippen molar-refractivity contribution in [2.45, 2.75) is 39.2 Å². The van der Waals surface area contributed by atoms with Gasteiger partial charge in [0.15, 0.2) is 0 Å². The van der Waals surface area contributed by atoms with Gasteiger partial charge in [-0.2, -0.15) is 0 Å². The van der Waals surface area contributed by atoms with Crippen molar-refractivity contribution in [1.29, 1.82) is 0 Å². The zero-order chi connectivity index (χ0) is 18.9. The van der Waals surface area contributed by atoms with Crippen LogP contribution in [-0.4, -0.2) is 17.4 Å². The van der Waals surface area contributed by atoms with Gasteiger partial charge in [-0.25, -0.2) is 0 Å². The maximum absolute atomic E-state index is 6.34. The van der Waals surface area contributed by atoms with E-state index in [-0.39, 0.29) is 18.4 Å². The van der Waals surface area contributed by atoms with E-state index in [1.54, 1.807) is 18.2 Å². The van der Waals surface area contributed by atoms with Gasteiger partial charge in [-0.1, -0.05) is 73.8 Å². The molecule has 27 heavy (non-hydrogen) atoms. The molecular formula is C20H27Cl3N4. The molecule has 4 nitrogen and oxygen atoms in total. The van der Waals surface area contributed by atoms with Crippen molar-refractivity contribution in [2.24, 2.45) is 10.8 Å². The summed E-state index contributed by atoms with van der Waals surface area (Å²) in [5, 5.41) is 5.46. The molecule has 0 aliphatic rings. The Balaban J connectivity index is 0.00000364. The lowest BCUT2D eigenvalue weighted by atomic mass is 10.0. The molecule has 3 N–H and O–H groups in total. The molecule has 2 aromatic carbocycles. The lowest BCUT2D eigenvalue weighted by molar-refractivity contribution is 0.295. The average Bonchev–Trinajstić information content (AvgIpc) is 2.64. The third-order valence-electron chi connectivity index (χ3n) is 4.10. The fourth-order valence-corrected chi connectivity index (χ4v) is 3.33. The number of benzene rings is 2. The number of hydrogen-bond acceptors (Lipinski definition) is 2. The lowest BCUT2D eigenvalue weighted by Gasteiger charge is -2.32. The predicted octanol–water partition coefficient (Wildman–Crippen LogP) is 6.31. The van der Waals surface area contributed by atoms with Crippen LogP contribution in [0.3, 0.4) is 0 Å². The summed E-state index contributed by atoms with van der Waals surface area (Å²) in [4.78, 5) is 2.15. The number of nitrogens with one attached hydrogen (secondary N) is 1. The first-order valence-electron chi connectivity index (χ1n) is 8.92. The van der Waals surface area contributed by atoms with Gasteiger partial charge in [0, 0.05) is 11.6 Å².